The number of carbonyl (C=O) groups is 2. The average molecular weight is 365 g/mol. The summed E-state index contributed by atoms with van der Waals surface area (Å²) in [5, 5.41) is 20.4. The van der Waals surface area contributed by atoms with E-state index in [2.05, 4.69) is 0 Å². The molecule has 1 aliphatic heterocycles. The number of aliphatic hydroxyl groups excluding tert-OH is 1. The van der Waals surface area contributed by atoms with Crippen LogP contribution in [0.15, 0.2) is 53.8 Å². The number of rotatable bonds is 4. The van der Waals surface area contributed by atoms with E-state index in [-0.39, 0.29) is 23.0 Å². The first-order chi connectivity index (χ1) is 12.7. The van der Waals surface area contributed by atoms with Crippen LogP contribution in [0.3, 0.4) is 0 Å². The van der Waals surface area contributed by atoms with Crippen LogP contribution in [0.4, 0.5) is 5.69 Å². The lowest BCUT2D eigenvalue weighted by Crippen LogP contribution is -2.31. The molecule has 1 amide bonds. The molecule has 5 heteroatoms. The van der Waals surface area contributed by atoms with E-state index in [0.29, 0.717) is 11.3 Å². The van der Waals surface area contributed by atoms with Crippen LogP contribution in [0.25, 0.3) is 0 Å². The Morgan fingerprint density at radius 3 is 2.33 bits per heavy atom. The summed E-state index contributed by atoms with van der Waals surface area (Å²) in [7, 11) is 0. The van der Waals surface area contributed by atoms with Gasteiger partial charge in [-0.1, -0.05) is 32.0 Å². The van der Waals surface area contributed by atoms with Crippen LogP contribution < -0.4 is 4.90 Å². The second-order valence-electron chi connectivity index (χ2n) is 7.22. The van der Waals surface area contributed by atoms with Gasteiger partial charge in [0.15, 0.2) is 11.5 Å². The minimum atomic E-state index is -0.790. The Morgan fingerprint density at radius 2 is 1.74 bits per heavy atom. The van der Waals surface area contributed by atoms with Gasteiger partial charge in [-0.05, 0) is 54.8 Å². The minimum absolute atomic E-state index is 0.0303. The van der Waals surface area contributed by atoms with Gasteiger partial charge in [0.1, 0.15) is 5.75 Å². The number of aliphatic hydroxyl groups is 1. The molecule has 0 fully saturated rings. The standard InChI is InChI=1S/C22H23NO4/c1-12(2)20(25)18-19(15-6-5-7-17(24)11-15)23(22(27)21(18)26)16-9-8-13(3)14(4)10-16/h5-12,19,24,26H,1-4H3. The summed E-state index contributed by atoms with van der Waals surface area (Å²) in [6, 6.07) is 11.2. The number of nitrogens with zero attached hydrogens (tertiary/aromatic N) is 1. The maximum absolute atomic E-state index is 12.9. The Bertz CT molecular complexity index is 959. The summed E-state index contributed by atoms with van der Waals surface area (Å²) in [5.41, 5.74) is 3.30. The topological polar surface area (TPSA) is 77.8 Å². The van der Waals surface area contributed by atoms with Crippen LogP contribution in [0.2, 0.25) is 0 Å². The first kappa shape index (κ1) is 18.7. The van der Waals surface area contributed by atoms with E-state index >= 15 is 0 Å². The monoisotopic (exact) mass is 365 g/mol. The zero-order chi connectivity index (χ0) is 19.9. The molecule has 3 rings (SSSR count). The molecule has 0 aliphatic carbocycles. The molecule has 5 nitrogen and oxygen atoms in total. The van der Waals surface area contributed by atoms with E-state index in [1.54, 1.807) is 32.0 Å². The van der Waals surface area contributed by atoms with E-state index in [9.17, 15) is 19.8 Å². The van der Waals surface area contributed by atoms with Gasteiger partial charge < -0.3 is 10.2 Å². The highest BCUT2D eigenvalue weighted by molar-refractivity contribution is 6.16. The number of benzene rings is 2. The molecule has 0 saturated carbocycles. The summed E-state index contributed by atoms with van der Waals surface area (Å²) in [5.74, 6) is -1.78. The van der Waals surface area contributed by atoms with E-state index < -0.39 is 17.7 Å². The predicted molar refractivity (Wildman–Crippen MR) is 104 cm³/mol. The van der Waals surface area contributed by atoms with Gasteiger partial charge in [-0.2, -0.15) is 0 Å². The zero-order valence-corrected chi connectivity index (χ0v) is 15.9. The number of aryl methyl sites for hydroxylation is 2. The SMILES string of the molecule is Cc1ccc(N2C(=O)C(O)=C(C(=O)C(C)C)C2c2cccc(O)c2)cc1C. The first-order valence-electron chi connectivity index (χ1n) is 8.89. The van der Waals surface area contributed by atoms with Crippen molar-refractivity contribution in [2.24, 2.45) is 5.92 Å². The van der Waals surface area contributed by atoms with Crippen molar-refractivity contribution in [1.29, 1.82) is 0 Å². The Hall–Kier alpha value is -3.08. The van der Waals surface area contributed by atoms with Crippen LogP contribution in [-0.2, 0) is 9.59 Å². The van der Waals surface area contributed by atoms with Crippen molar-refractivity contribution in [3.05, 3.63) is 70.5 Å². The van der Waals surface area contributed by atoms with E-state index in [0.717, 1.165) is 11.1 Å². The van der Waals surface area contributed by atoms with Crippen LogP contribution in [-0.4, -0.2) is 21.9 Å². The molecule has 0 bridgehead atoms. The van der Waals surface area contributed by atoms with Crippen LogP contribution in [0.1, 0.15) is 36.6 Å². The molecular weight excluding hydrogens is 342 g/mol. The van der Waals surface area contributed by atoms with Crippen molar-refractivity contribution in [3.63, 3.8) is 0 Å². The largest absolute Gasteiger partial charge is 0.508 e. The highest BCUT2D eigenvalue weighted by Crippen LogP contribution is 2.42. The molecule has 1 aliphatic rings. The lowest BCUT2D eigenvalue weighted by atomic mass is 9.91. The predicted octanol–water partition coefficient (Wildman–Crippen LogP) is 4.13. The number of ketones is 1. The van der Waals surface area contributed by atoms with Gasteiger partial charge in [-0.15, -0.1) is 0 Å². The fourth-order valence-corrected chi connectivity index (χ4v) is 3.32. The molecule has 2 aromatic carbocycles. The zero-order valence-electron chi connectivity index (χ0n) is 15.9. The smallest absolute Gasteiger partial charge is 0.294 e. The third kappa shape index (κ3) is 3.21. The first-order valence-corrected chi connectivity index (χ1v) is 8.89. The fourth-order valence-electron chi connectivity index (χ4n) is 3.32. The molecule has 140 valence electrons. The Labute approximate surface area is 158 Å². The van der Waals surface area contributed by atoms with Crippen LogP contribution in [0.5, 0.6) is 5.75 Å². The fraction of sp³-hybridized carbons (Fsp3) is 0.273. The minimum Gasteiger partial charge on any atom is -0.508 e. The van der Waals surface area contributed by atoms with Crippen molar-refractivity contribution < 1.29 is 19.8 Å². The number of hydrogen-bond acceptors (Lipinski definition) is 4. The molecule has 1 unspecified atom stereocenters. The lowest BCUT2D eigenvalue weighted by Gasteiger charge is -2.28. The van der Waals surface area contributed by atoms with E-state index in [1.807, 2.05) is 26.0 Å². The van der Waals surface area contributed by atoms with Crippen molar-refractivity contribution in [2.75, 3.05) is 4.90 Å². The average Bonchev–Trinajstić information content (AvgIpc) is 2.88. The Balaban J connectivity index is 2.21. The normalized spacial score (nSPS) is 17.1. The molecule has 0 spiro atoms. The summed E-state index contributed by atoms with van der Waals surface area (Å²) < 4.78 is 0. The third-order valence-corrected chi connectivity index (χ3v) is 4.95. The van der Waals surface area contributed by atoms with Crippen LogP contribution in [0, 0.1) is 19.8 Å². The van der Waals surface area contributed by atoms with Gasteiger partial charge in [0, 0.05) is 11.6 Å². The van der Waals surface area contributed by atoms with E-state index in [1.165, 1.54) is 17.0 Å². The van der Waals surface area contributed by atoms with Gasteiger partial charge in [0.05, 0.1) is 11.6 Å². The van der Waals surface area contributed by atoms with Gasteiger partial charge in [0.2, 0.25) is 0 Å². The Kier molecular flexibility index (Phi) is 4.79. The molecule has 0 radical (unpaired) electrons. The quantitative estimate of drug-likeness (QED) is 0.854. The summed E-state index contributed by atoms with van der Waals surface area (Å²) in [4.78, 5) is 27.1. The van der Waals surface area contributed by atoms with E-state index in [4.69, 9.17) is 0 Å². The number of Topliss-reactive ketones (excluding diaryl/α,β-unsaturated/α-hetero) is 1. The number of phenolic OH excluding ortho intramolecular Hbond substituents is 1. The molecule has 1 heterocycles. The third-order valence-electron chi connectivity index (χ3n) is 4.95. The van der Waals surface area contributed by atoms with Crippen molar-refractivity contribution in [2.45, 2.75) is 33.7 Å². The molecule has 1 atom stereocenters. The highest BCUT2D eigenvalue weighted by atomic mass is 16.3. The molecule has 0 aromatic heterocycles. The molecule has 0 saturated heterocycles. The maximum atomic E-state index is 12.9. The number of phenols is 1. The second kappa shape index (κ2) is 6.91. The van der Waals surface area contributed by atoms with Crippen molar-refractivity contribution in [3.8, 4) is 5.75 Å². The number of hydrogen-bond donors (Lipinski definition) is 2. The van der Waals surface area contributed by atoms with Gasteiger partial charge >= 0.3 is 0 Å². The van der Waals surface area contributed by atoms with Crippen molar-refractivity contribution in [1.82, 2.24) is 0 Å². The maximum Gasteiger partial charge on any atom is 0.294 e. The number of aromatic hydroxyl groups is 1. The Morgan fingerprint density at radius 1 is 1.04 bits per heavy atom. The number of carbonyl (C=O) groups excluding carboxylic acids is 2. The molecule has 2 N–H and O–H groups in total. The summed E-state index contributed by atoms with van der Waals surface area (Å²) in [6.45, 7) is 7.37. The second-order valence-corrected chi connectivity index (χ2v) is 7.22. The van der Waals surface area contributed by atoms with Gasteiger partial charge in [-0.25, -0.2) is 0 Å². The highest BCUT2D eigenvalue weighted by Gasteiger charge is 2.44. The molecular formula is C22H23NO4. The summed E-state index contributed by atoms with van der Waals surface area (Å²) >= 11 is 0. The number of amides is 1. The van der Waals surface area contributed by atoms with Gasteiger partial charge in [-0.3, -0.25) is 14.5 Å². The molecule has 27 heavy (non-hydrogen) atoms. The van der Waals surface area contributed by atoms with Crippen molar-refractivity contribution >= 4 is 17.4 Å². The van der Waals surface area contributed by atoms with Crippen LogP contribution >= 0.6 is 0 Å². The lowest BCUT2D eigenvalue weighted by molar-refractivity contribution is -0.119. The molecule has 2 aromatic rings. The number of anilines is 1. The summed E-state index contributed by atoms with van der Waals surface area (Å²) in [6.07, 6.45) is 0. The van der Waals surface area contributed by atoms with Gasteiger partial charge in [0.25, 0.3) is 5.91 Å².